The van der Waals surface area contributed by atoms with Crippen molar-refractivity contribution in [1.29, 1.82) is 0 Å². The number of carbonyl (C=O) groups is 1. The van der Waals surface area contributed by atoms with Crippen LogP contribution in [-0.2, 0) is 11.2 Å². The fraction of sp³-hybridized carbons (Fsp3) is 0.176. The fourth-order valence-corrected chi connectivity index (χ4v) is 3.59. The van der Waals surface area contributed by atoms with Crippen LogP contribution in [0.15, 0.2) is 36.4 Å². The highest BCUT2D eigenvalue weighted by molar-refractivity contribution is 7.22. The molecule has 1 N–H and O–H groups in total. The highest BCUT2D eigenvalue weighted by atomic mass is 32.1. The fourth-order valence-electron chi connectivity index (χ4n) is 2.69. The quantitative estimate of drug-likeness (QED) is 0.558. The molecule has 2 aromatic carbocycles. The number of nitrogens with one attached hydrogen (secondary N) is 1. The smallest absolute Gasteiger partial charge is 0.273 e. The van der Waals surface area contributed by atoms with Crippen molar-refractivity contribution in [1.82, 2.24) is 4.98 Å². The van der Waals surface area contributed by atoms with Gasteiger partial charge in [-0.25, -0.2) is 4.98 Å². The first-order valence-electron chi connectivity index (χ1n) is 7.82. The van der Waals surface area contributed by atoms with Crippen LogP contribution in [0.1, 0.15) is 5.56 Å². The van der Waals surface area contributed by atoms with E-state index in [-0.39, 0.29) is 18.0 Å². The summed E-state index contributed by atoms with van der Waals surface area (Å²) in [6.45, 7) is 0.985. The number of nitro groups is 1. The first kappa shape index (κ1) is 16.3. The normalized spacial score (nSPS) is 12.8. The van der Waals surface area contributed by atoms with Crippen molar-refractivity contribution in [2.24, 2.45) is 0 Å². The highest BCUT2D eigenvalue weighted by Gasteiger charge is 2.18. The van der Waals surface area contributed by atoms with Gasteiger partial charge in [0.15, 0.2) is 16.6 Å². The third kappa shape index (κ3) is 3.16. The molecule has 26 heavy (non-hydrogen) atoms. The second-order valence-electron chi connectivity index (χ2n) is 5.59. The molecule has 0 saturated carbocycles. The monoisotopic (exact) mass is 371 g/mol. The van der Waals surface area contributed by atoms with Crippen LogP contribution in [0.4, 0.5) is 10.8 Å². The molecule has 0 atom stereocenters. The number of aromatic nitrogens is 1. The van der Waals surface area contributed by atoms with Crippen molar-refractivity contribution in [2.75, 3.05) is 18.5 Å². The molecular formula is C17H13N3O5S. The summed E-state index contributed by atoms with van der Waals surface area (Å²) in [4.78, 5) is 27.2. The first-order valence-corrected chi connectivity index (χ1v) is 8.64. The Labute approximate surface area is 151 Å². The summed E-state index contributed by atoms with van der Waals surface area (Å²) in [5, 5.41) is 14.2. The Morgan fingerprint density at radius 3 is 2.73 bits per heavy atom. The lowest BCUT2D eigenvalue weighted by Gasteiger charge is -2.17. The molecule has 8 nitrogen and oxygen atoms in total. The van der Waals surface area contributed by atoms with Gasteiger partial charge in [0.2, 0.25) is 5.91 Å². The molecule has 0 fully saturated rings. The third-order valence-corrected chi connectivity index (χ3v) is 4.77. The predicted octanol–water partition coefficient (Wildman–Crippen LogP) is 3.16. The lowest BCUT2D eigenvalue weighted by Crippen LogP contribution is -2.15. The second-order valence-corrected chi connectivity index (χ2v) is 6.62. The van der Waals surface area contributed by atoms with Gasteiger partial charge >= 0.3 is 0 Å². The van der Waals surface area contributed by atoms with Crippen LogP contribution in [0.25, 0.3) is 10.2 Å². The molecule has 1 aliphatic rings. The summed E-state index contributed by atoms with van der Waals surface area (Å²) in [5.41, 5.74) is 0.975. The van der Waals surface area contributed by atoms with Crippen LogP contribution in [0.3, 0.4) is 0 Å². The van der Waals surface area contributed by atoms with E-state index in [2.05, 4.69) is 10.3 Å². The van der Waals surface area contributed by atoms with Crippen molar-refractivity contribution in [2.45, 2.75) is 6.42 Å². The number of thiazole rings is 1. The van der Waals surface area contributed by atoms with E-state index in [0.29, 0.717) is 40.9 Å². The summed E-state index contributed by atoms with van der Waals surface area (Å²) in [6, 6.07) is 9.79. The minimum Gasteiger partial charge on any atom is -0.486 e. The minimum absolute atomic E-state index is 0.0751. The topological polar surface area (TPSA) is 104 Å². The van der Waals surface area contributed by atoms with E-state index in [9.17, 15) is 14.9 Å². The standard InChI is InChI=1S/C17H13N3O5S/c21-16(7-10-3-1-2-4-12(10)20(22)23)19-17-18-11-8-13-14(9-15(11)26-17)25-6-5-24-13/h1-4,8-9H,5-7H2,(H,18,19,21). The molecule has 0 unspecified atom stereocenters. The molecule has 1 amide bonds. The molecule has 2 heterocycles. The van der Waals surface area contributed by atoms with Gasteiger partial charge in [-0.3, -0.25) is 14.9 Å². The summed E-state index contributed by atoms with van der Waals surface area (Å²) in [5.74, 6) is 0.924. The number of para-hydroxylation sites is 1. The van der Waals surface area contributed by atoms with Crippen LogP contribution >= 0.6 is 11.3 Å². The zero-order valence-electron chi connectivity index (χ0n) is 13.4. The molecule has 1 aliphatic heterocycles. The SMILES string of the molecule is O=C(Cc1ccccc1[N+](=O)[O-])Nc1nc2cc3c(cc2s1)OCCO3. The summed E-state index contributed by atoms with van der Waals surface area (Å²) < 4.78 is 11.9. The summed E-state index contributed by atoms with van der Waals surface area (Å²) >= 11 is 1.31. The van der Waals surface area contributed by atoms with Crippen LogP contribution in [0, 0.1) is 10.1 Å². The lowest BCUT2D eigenvalue weighted by atomic mass is 10.1. The molecule has 0 spiro atoms. The van der Waals surface area contributed by atoms with E-state index >= 15 is 0 Å². The highest BCUT2D eigenvalue weighted by Crippen LogP contribution is 2.37. The van der Waals surface area contributed by atoms with Crippen LogP contribution < -0.4 is 14.8 Å². The number of nitrogens with zero attached hydrogens (tertiary/aromatic N) is 2. The second kappa shape index (κ2) is 6.60. The Balaban J connectivity index is 1.54. The zero-order chi connectivity index (χ0) is 18.1. The Hall–Kier alpha value is -3.20. The van der Waals surface area contributed by atoms with E-state index in [1.807, 2.05) is 6.07 Å². The van der Waals surface area contributed by atoms with Gasteiger partial charge in [0.25, 0.3) is 5.69 Å². The molecule has 9 heteroatoms. The van der Waals surface area contributed by atoms with Crippen molar-refractivity contribution in [3.05, 3.63) is 52.1 Å². The van der Waals surface area contributed by atoms with E-state index in [0.717, 1.165) is 4.70 Å². The number of benzene rings is 2. The number of carbonyl (C=O) groups excluding carboxylic acids is 1. The van der Waals surface area contributed by atoms with Crippen LogP contribution in [0.2, 0.25) is 0 Å². The van der Waals surface area contributed by atoms with Gasteiger partial charge in [-0.2, -0.15) is 0 Å². The maximum absolute atomic E-state index is 12.3. The zero-order valence-corrected chi connectivity index (χ0v) is 14.2. The van der Waals surface area contributed by atoms with E-state index in [1.54, 1.807) is 24.3 Å². The number of hydrogen-bond acceptors (Lipinski definition) is 7. The van der Waals surface area contributed by atoms with Gasteiger partial charge < -0.3 is 14.8 Å². The average molecular weight is 371 g/mol. The number of ether oxygens (including phenoxy) is 2. The Kier molecular flexibility index (Phi) is 4.13. The molecule has 1 aromatic heterocycles. The lowest BCUT2D eigenvalue weighted by molar-refractivity contribution is -0.385. The van der Waals surface area contributed by atoms with Gasteiger partial charge in [-0.05, 0) is 0 Å². The van der Waals surface area contributed by atoms with Crippen molar-refractivity contribution in [3.8, 4) is 11.5 Å². The van der Waals surface area contributed by atoms with Gasteiger partial charge in [-0.15, -0.1) is 0 Å². The van der Waals surface area contributed by atoms with Gasteiger partial charge in [0.1, 0.15) is 13.2 Å². The maximum atomic E-state index is 12.3. The Bertz CT molecular complexity index is 974. The summed E-state index contributed by atoms with van der Waals surface area (Å²) in [6.07, 6.45) is -0.101. The number of anilines is 1. The van der Waals surface area contributed by atoms with Crippen LogP contribution in [0.5, 0.6) is 11.5 Å². The van der Waals surface area contributed by atoms with Crippen molar-refractivity contribution >= 4 is 38.3 Å². The largest absolute Gasteiger partial charge is 0.486 e. The molecule has 4 rings (SSSR count). The van der Waals surface area contributed by atoms with Crippen molar-refractivity contribution < 1.29 is 19.2 Å². The number of amides is 1. The minimum atomic E-state index is -0.495. The molecule has 3 aromatic rings. The maximum Gasteiger partial charge on any atom is 0.273 e. The van der Waals surface area contributed by atoms with Crippen molar-refractivity contribution in [3.63, 3.8) is 0 Å². The van der Waals surface area contributed by atoms with Gasteiger partial charge in [-0.1, -0.05) is 29.5 Å². The van der Waals surface area contributed by atoms with Gasteiger partial charge in [0.05, 0.1) is 21.6 Å². The average Bonchev–Trinajstić information content (AvgIpc) is 3.00. The van der Waals surface area contributed by atoms with E-state index in [4.69, 9.17) is 9.47 Å². The summed E-state index contributed by atoms with van der Waals surface area (Å²) in [7, 11) is 0. The predicted molar refractivity (Wildman–Crippen MR) is 96.0 cm³/mol. The first-order chi connectivity index (χ1) is 12.6. The van der Waals surface area contributed by atoms with E-state index < -0.39 is 4.92 Å². The molecule has 132 valence electrons. The molecule has 0 saturated heterocycles. The number of rotatable bonds is 4. The van der Waals surface area contributed by atoms with E-state index in [1.165, 1.54) is 17.4 Å². The number of nitro benzene ring substituents is 1. The molecular weight excluding hydrogens is 358 g/mol. The molecule has 0 aliphatic carbocycles. The molecule has 0 bridgehead atoms. The van der Waals surface area contributed by atoms with Crippen LogP contribution in [-0.4, -0.2) is 29.0 Å². The Morgan fingerprint density at radius 2 is 1.96 bits per heavy atom. The third-order valence-electron chi connectivity index (χ3n) is 3.84. The van der Waals surface area contributed by atoms with Gasteiger partial charge in [0, 0.05) is 23.8 Å². The number of fused-ring (bicyclic) bond motifs is 2. The number of hydrogen-bond donors (Lipinski definition) is 1. The molecule has 0 radical (unpaired) electrons. The Morgan fingerprint density at radius 1 is 1.23 bits per heavy atom.